The van der Waals surface area contributed by atoms with E-state index in [1.165, 1.54) is 26.1 Å². The minimum atomic E-state index is -2.72. The van der Waals surface area contributed by atoms with Crippen molar-refractivity contribution in [3.05, 3.63) is 64.4 Å². The van der Waals surface area contributed by atoms with Gasteiger partial charge in [-0.15, -0.1) is 0 Å². The summed E-state index contributed by atoms with van der Waals surface area (Å²) in [6.07, 6.45) is -1.08. The standard InChI is InChI=1S/C19H19ClF2N2O2/c1-19(2,18(21)22)24-17(26)16-10-12(7-8-23-16)9-14(25)11-13-5-3-4-6-15(13)20/h3-8,10,18H,9,11H2,1-2H3,(H,24,26). The molecule has 1 amide bonds. The molecule has 0 aliphatic rings. The Morgan fingerprint density at radius 3 is 2.54 bits per heavy atom. The summed E-state index contributed by atoms with van der Waals surface area (Å²) in [5.41, 5.74) is -0.377. The Balaban J connectivity index is 2.06. The normalized spacial score (nSPS) is 11.5. The third-order valence-electron chi connectivity index (χ3n) is 3.78. The molecule has 0 bridgehead atoms. The van der Waals surface area contributed by atoms with Crippen LogP contribution in [0.15, 0.2) is 42.6 Å². The number of alkyl halides is 2. The number of carbonyl (C=O) groups is 2. The van der Waals surface area contributed by atoms with E-state index in [0.717, 1.165) is 5.56 Å². The van der Waals surface area contributed by atoms with Gasteiger partial charge in [-0.25, -0.2) is 8.78 Å². The Kier molecular flexibility index (Phi) is 6.42. The summed E-state index contributed by atoms with van der Waals surface area (Å²) in [7, 11) is 0. The molecule has 138 valence electrons. The van der Waals surface area contributed by atoms with E-state index in [1.54, 1.807) is 30.3 Å². The lowest BCUT2D eigenvalue weighted by atomic mass is 10.0. The van der Waals surface area contributed by atoms with Crippen molar-refractivity contribution >= 4 is 23.3 Å². The first-order valence-corrected chi connectivity index (χ1v) is 8.37. The molecular formula is C19H19ClF2N2O2. The van der Waals surface area contributed by atoms with Crippen LogP contribution in [-0.2, 0) is 17.6 Å². The Labute approximate surface area is 155 Å². The Hall–Kier alpha value is -2.34. The zero-order valence-corrected chi connectivity index (χ0v) is 15.2. The third-order valence-corrected chi connectivity index (χ3v) is 4.15. The minimum Gasteiger partial charge on any atom is -0.340 e. The molecule has 0 aliphatic heterocycles. The molecule has 1 aromatic carbocycles. The van der Waals surface area contributed by atoms with E-state index in [9.17, 15) is 18.4 Å². The molecule has 1 aromatic heterocycles. The molecule has 0 atom stereocenters. The molecule has 0 radical (unpaired) electrons. The lowest BCUT2D eigenvalue weighted by molar-refractivity contribution is -0.117. The summed E-state index contributed by atoms with van der Waals surface area (Å²) in [5.74, 6) is -0.792. The minimum absolute atomic E-state index is 0.0123. The molecule has 4 nitrogen and oxygen atoms in total. The van der Waals surface area contributed by atoms with Crippen LogP contribution in [-0.4, -0.2) is 28.6 Å². The van der Waals surface area contributed by atoms with Crippen LogP contribution in [0, 0.1) is 0 Å². The van der Waals surface area contributed by atoms with Crippen LogP contribution in [0.3, 0.4) is 0 Å². The van der Waals surface area contributed by atoms with Crippen molar-refractivity contribution in [1.82, 2.24) is 10.3 Å². The molecule has 1 N–H and O–H groups in total. The van der Waals surface area contributed by atoms with Crippen LogP contribution in [0.2, 0.25) is 5.02 Å². The van der Waals surface area contributed by atoms with E-state index < -0.39 is 17.9 Å². The number of Topliss-reactive ketones (excluding diaryl/α,β-unsaturated/α-hetero) is 1. The van der Waals surface area contributed by atoms with Crippen LogP contribution in [0.1, 0.15) is 35.5 Å². The number of nitrogens with zero attached hydrogens (tertiary/aromatic N) is 1. The van der Waals surface area contributed by atoms with Crippen LogP contribution in [0.5, 0.6) is 0 Å². The third kappa shape index (κ3) is 5.33. The maximum absolute atomic E-state index is 12.9. The quantitative estimate of drug-likeness (QED) is 0.793. The molecule has 26 heavy (non-hydrogen) atoms. The van der Waals surface area contributed by atoms with Gasteiger partial charge < -0.3 is 5.32 Å². The van der Waals surface area contributed by atoms with Gasteiger partial charge in [0, 0.05) is 24.1 Å². The maximum atomic E-state index is 12.9. The fourth-order valence-corrected chi connectivity index (χ4v) is 2.47. The molecule has 2 rings (SSSR count). The summed E-state index contributed by atoms with van der Waals surface area (Å²) in [6.45, 7) is 2.46. The van der Waals surface area contributed by atoms with Gasteiger partial charge in [0.15, 0.2) is 0 Å². The molecule has 0 saturated heterocycles. The highest BCUT2D eigenvalue weighted by Gasteiger charge is 2.31. The van der Waals surface area contributed by atoms with Gasteiger partial charge in [-0.1, -0.05) is 29.8 Å². The number of hydrogen-bond donors (Lipinski definition) is 1. The molecule has 0 fully saturated rings. The molecule has 7 heteroatoms. The van der Waals surface area contributed by atoms with Crippen molar-refractivity contribution in [3.63, 3.8) is 0 Å². The average Bonchev–Trinajstić information content (AvgIpc) is 2.56. The maximum Gasteiger partial charge on any atom is 0.270 e. The molecule has 1 heterocycles. The number of carbonyl (C=O) groups excluding carboxylic acids is 2. The van der Waals surface area contributed by atoms with E-state index >= 15 is 0 Å². The van der Waals surface area contributed by atoms with Gasteiger partial charge in [-0.05, 0) is 43.2 Å². The van der Waals surface area contributed by atoms with Crippen molar-refractivity contribution in [2.45, 2.75) is 38.7 Å². The second kappa shape index (κ2) is 8.36. The zero-order valence-electron chi connectivity index (χ0n) is 14.4. The Morgan fingerprint density at radius 1 is 1.19 bits per heavy atom. The monoisotopic (exact) mass is 380 g/mol. The van der Waals surface area contributed by atoms with Gasteiger partial charge in [0.2, 0.25) is 0 Å². The largest absolute Gasteiger partial charge is 0.340 e. The number of nitrogens with one attached hydrogen (secondary N) is 1. The predicted molar refractivity (Wildman–Crippen MR) is 95.7 cm³/mol. The number of benzene rings is 1. The first-order valence-electron chi connectivity index (χ1n) is 8.00. The number of pyridine rings is 1. The van der Waals surface area contributed by atoms with Gasteiger partial charge in [-0.2, -0.15) is 0 Å². The van der Waals surface area contributed by atoms with E-state index in [2.05, 4.69) is 10.3 Å². The summed E-state index contributed by atoms with van der Waals surface area (Å²) < 4.78 is 25.8. The highest BCUT2D eigenvalue weighted by atomic mass is 35.5. The molecule has 0 spiro atoms. The SMILES string of the molecule is CC(C)(NC(=O)c1cc(CC(=O)Cc2ccccc2Cl)ccn1)C(F)F. The summed E-state index contributed by atoms with van der Waals surface area (Å²) in [4.78, 5) is 28.3. The molecule has 0 aliphatic carbocycles. The number of amides is 1. The lowest BCUT2D eigenvalue weighted by Crippen LogP contribution is -2.49. The van der Waals surface area contributed by atoms with E-state index in [0.29, 0.717) is 10.6 Å². The summed E-state index contributed by atoms with van der Waals surface area (Å²) in [5, 5.41) is 2.76. The van der Waals surface area contributed by atoms with Crippen molar-refractivity contribution in [3.8, 4) is 0 Å². The zero-order chi connectivity index (χ0) is 19.3. The van der Waals surface area contributed by atoms with Gasteiger partial charge in [-0.3, -0.25) is 14.6 Å². The number of ketones is 1. The first-order chi connectivity index (χ1) is 12.2. The smallest absolute Gasteiger partial charge is 0.270 e. The summed E-state index contributed by atoms with van der Waals surface area (Å²) in [6, 6.07) is 10.1. The fourth-order valence-electron chi connectivity index (χ4n) is 2.26. The van der Waals surface area contributed by atoms with E-state index in [1.807, 2.05) is 0 Å². The van der Waals surface area contributed by atoms with Crippen LogP contribution in [0.25, 0.3) is 0 Å². The molecular weight excluding hydrogens is 362 g/mol. The Morgan fingerprint density at radius 2 is 1.88 bits per heavy atom. The van der Waals surface area contributed by atoms with Gasteiger partial charge in [0.25, 0.3) is 12.3 Å². The van der Waals surface area contributed by atoms with E-state index in [4.69, 9.17) is 11.6 Å². The number of hydrogen-bond acceptors (Lipinski definition) is 3. The van der Waals surface area contributed by atoms with Gasteiger partial charge >= 0.3 is 0 Å². The molecule has 2 aromatic rings. The van der Waals surface area contributed by atoms with Crippen LogP contribution in [0.4, 0.5) is 8.78 Å². The van der Waals surface area contributed by atoms with Crippen molar-refractivity contribution in [2.24, 2.45) is 0 Å². The predicted octanol–water partition coefficient (Wildman–Crippen LogP) is 3.86. The topological polar surface area (TPSA) is 59.1 Å². The van der Waals surface area contributed by atoms with Crippen LogP contribution < -0.4 is 5.32 Å². The highest BCUT2D eigenvalue weighted by Crippen LogP contribution is 2.17. The molecule has 0 saturated carbocycles. The Bertz CT molecular complexity index is 810. The van der Waals surface area contributed by atoms with Gasteiger partial charge in [0.05, 0.1) is 5.54 Å². The highest BCUT2D eigenvalue weighted by molar-refractivity contribution is 6.31. The number of rotatable bonds is 7. The van der Waals surface area contributed by atoms with Crippen LogP contribution >= 0.6 is 11.6 Å². The average molecular weight is 381 g/mol. The second-order valence-corrected chi connectivity index (χ2v) is 6.92. The number of aromatic nitrogens is 1. The molecule has 0 unspecified atom stereocenters. The summed E-state index contributed by atoms with van der Waals surface area (Å²) >= 11 is 6.05. The number of halogens is 3. The van der Waals surface area contributed by atoms with Crippen molar-refractivity contribution < 1.29 is 18.4 Å². The first kappa shape index (κ1) is 20.0. The van der Waals surface area contributed by atoms with Crippen molar-refractivity contribution in [2.75, 3.05) is 0 Å². The van der Waals surface area contributed by atoms with E-state index in [-0.39, 0.29) is 24.3 Å². The lowest BCUT2D eigenvalue weighted by Gasteiger charge is -2.24. The van der Waals surface area contributed by atoms with Gasteiger partial charge in [0.1, 0.15) is 11.5 Å². The fraction of sp³-hybridized carbons (Fsp3) is 0.316. The second-order valence-electron chi connectivity index (χ2n) is 6.51. The van der Waals surface area contributed by atoms with Crippen molar-refractivity contribution in [1.29, 1.82) is 0 Å².